The van der Waals surface area contributed by atoms with Crippen molar-refractivity contribution in [2.75, 3.05) is 5.32 Å². The van der Waals surface area contributed by atoms with Gasteiger partial charge >= 0.3 is 6.43 Å². The van der Waals surface area contributed by atoms with E-state index in [2.05, 4.69) is 0 Å². The highest BCUT2D eigenvalue weighted by molar-refractivity contribution is 5.93. The summed E-state index contributed by atoms with van der Waals surface area (Å²) >= 11 is 0. The smallest absolute Gasteiger partial charge is 0.315 e. The van der Waals surface area contributed by atoms with E-state index in [0.717, 1.165) is 0 Å². The molecule has 1 amide bonds. The third kappa shape index (κ3) is 2.99. The zero-order valence-corrected chi connectivity index (χ0v) is 8.08. The molecule has 15 heavy (non-hydrogen) atoms. The summed E-state index contributed by atoms with van der Waals surface area (Å²) in [6, 6.07) is 6.27. The van der Waals surface area contributed by atoms with E-state index in [-0.39, 0.29) is 5.69 Å². The molecule has 3 nitrogen and oxygen atoms in total. The lowest BCUT2D eigenvalue weighted by Crippen LogP contribution is -2.21. The van der Waals surface area contributed by atoms with Gasteiger partial charge in [-0.25, -0.2) is 0 Å². The van der Waals surface area contributed by atoms with Crippen molar-refractivity contribution >= 4 is 11.6 Å². The Hall–Kier alpha value is -1.49. The number of carbonyl (C=O) groups excluding carboxylic acids is 1. The summed E-state index contributed by atoms with van der Waals surface area (Å²) in [5.41, 5.74) is 0.615. The van der Waals surface area contributed by atoms with Crippen LogP contribution in [0.5, 0.6) is 0 Å². The third-order valence-electron chi connectivity index (χ3n) is 1.87. The number of halogens is 2. The van der Waals surface area contributed by atoms with E-state index < -0.39 is 18.4 Å². The highest BCUT2D eigenvalue weighted by Crippen LogP contribution is 2.22. The van der Waals surface area contributed by atoms with E-state index in [1.165, 1.54) is 13.0 Å². The maximum Gasteiger partial charge on any atom is 0.315 e. The maximum absolute atomic E-state index is 12.0. The Kier molecular flexibility index (Phi) is 3.74. The fourth-order valence-electron chi connectivity index (χ4n) is 1.16. The number of amides is 1. The molecule has 0 saturated heterocycles. The molecule has 1 unspecified atom stereocenters. The molecule has 0 aromatic heterocycles. The number of hydrogen-bond acceptors (Lipinski definition) is 2. The molecular formula is C10H11F2NO2. The molecule has 0 radical (unpaired) electrons. The van der Waals surface area contributed by atoms with Crippen molar-refractivity contribution in [3.63, 3.8) is 0 Å². The van der Waals surface area contributed by atoms with E-state index in [4.69, 9.17) is 0 Å². The maximum atomic E-state index is 12.0. The Morgan fingerprint density at radius 3 is 2.53 bits per heavy atom. The molecule has 1 rings (SSSR count). The molecule has 0 bridgehead atoms. The summed E-state index contributed by atoms with van der Waals surface area (Å²) in [6.45, 7) is 1.49. The largest absolute Gasteiger partial charge is 0.389 e. The monoisotopic (exact) mass is 215 g/mol. The van der Waals surface area contributed by atoms with Crippen LogP contribution in [0.2, 0.25) is 0 Å². The van der Waals surface area contributed by atoms with Gasteiger partial charge in [0.05, 0.1) is 6.10 Å². The Morgan fingerprint density at radius 2 is 2.00 bits per heavy atom. The molecule has 0 saturated carbocycles. The highest BCUT2D eigenvalue weighted by Gasteiger charge is 2.17. The second-order valence-electron chi connectivity index (χ2n) is 3.05. The van der Waals surface area contributed by atoms with E-state index in [9.17, 15) is 18.7 Å². The van der Waals surface area contributed by atoms with Gasteiger partial charge in [0.1, 0.15) is 0 Å². The normalized spacial score (nSPS) is 12.6. The van der Waals surface area contributed by atoms with Crippen LogP contribution in [-0.4, -0.2) is 17.4 Å². The minimum Gasteiger partial charge on any atom is -0.389 e. The van der Waals surface area contributed by atoms with Crippen LogP contribution in [-0.2, 0) is 4.79 Å². The van der Waals surface area contributed by atoms with E-state index in [1.807, 2.05) is 5.32 Å². The van der Waals surface area contributed by atoms with E-state index >= 15 is 0 Å². The summed E-state index contributed by atoms with van der Waals surface area (Å²) < 4.78 is 23.9. The Balaban J connectivity index is 2.89. The van der Waals surface area contributed by atoms with Gasteiger partial charge in [-0.2, -0.15) is 8.78 Å². The summed E-state index contributed by atoms with van der Waals surface area (Å²) in [7, 11) is 0. The first-order valence-electron chi connectivity index (χ1n) is 4.38. The minimum absolute atomic E-state index is 0.206. The van der Waals surface area contributed by atoms with Gasteiger partial charge < -0.3 is 10.4 Å². The number of hydrogen-bond donors (Lipinski definition) is 2. The number of alkyl halides is 2. The van der Waals surface area contributed by atoms with Crippen molar-refractivity contribution in [1.82, 2.24) is 0 Å². The van der Waals surface area contributed by atoms with Gasteiger partial charge in [-0.1, -0.05) is 18.2 Å². The molecule has 0 aliphatic rings. The van der Waals surface area contributed by atoms with Gasteiger partial charge in [0.25, 0.3) is 5.91 Å². The highest BCUT2D eigenvalue weighted by atomic mass is 19.3. The van der Waals surface area contributed by atoms with Crippen LogP contribution >= 0.6 is 0 Å². The minimum atomic E-state index is -3.06. The summed E-state index contributed by atoms with van der Waals surface area (Å²) in [4.78, 5) is 10.7. The van der Waals surface area contributed by atoms with Crippen LogP contribution in [0, 0.1) is 0 Å². The lowest BCUT2D eigenvalue weighted by molar-refractivity contribution is -0.126. The second-order valence-corrected chi connectivity index (χ2v) is 3.05. The predicted molar refractivity (Wildman–Crippen MR) is 51.7 cm³/mol. The van der Waals surface area contributed by atoms with Gasteiger partial charge in [0.15, 0.2) is 0 Å². The van der Waals surface area contributed by atoms with Crippen LogP contribution in [0.1, 0.15) is 18.6 Å². The van der Waals surface area contributed by atoms with E-state index in [0.29, 0.717) is 5.56 Å². The molecule has 0 aliphatic carbocycles. The quantitative estimate of drug-likeness (QED) is 0.809. The first-order valence-corrected chi connectivity index (χ1v) is 4.38. The van der Waals surface area contributed by atoms with Crippen molar-refractivity contribution in [3.8, 4) is 0 Å². The number of nitrogens with one attached hydrogen (secondary N) is 1. The summed E-state index contributed by atoms with van der Waals surface area (Å²) in [5, 5.41) is 11.4. The number of carbonyl (C=O) groups is 1. The first-order chi connectivity index (χ1) is 7.02. The summed E-state index contributed by atoms with van der Waals surface area (Å²) in [6.07, 6.45) is -3.88. The zero-order chi connectivity index (χ0) is 11.4. The van der Waals surface area contributed by atoms with Crippen LogP contribution in [0.15, 0.2) is 24.3 Å². The van der Waals surface area contributed by atoms with Crippen LogP contribution < -0.4 is 5.32 Å². The van der Waals surface area contributed by atoms with Gasteiger partial charge in [-0.3, -0.25) is 4.79 Å². The average Bonchev–Trinajstić information content (AvgIpc) is 2.18. The van der Waals surface area contributed by atoms with E-state index in [1.54, 1.807) is 18.2 Å². The van der Waals surface area contributed by atoms with Gasteiger partial charge in [-0.05, 0) is 13.0 Å². The Morgan fingerprint density at radius 1 is 1.40 bits per heavy atom. The predicted octanol–water partition coefficient (Wildman–Crippen LogP) is 1.94. The first kappa shape index (κ1) is 11.6. The van der Waals surface area contributed by atoms with Gasteiger partial charge in [-0.15, -0.1) is 0 Å². The van der Waals surface area contributed by atoms with Crippen LogP contribution in [0.4, 0.5) is 14.5 Å². The fraction of sp³-hybridized carbons (Fsp3) is 0.300. The zero-order valence-electron chi connectivity index (χ0n) is 8.08. The molecule has 1 aromatic carbocycles. The number of anilines is 1. The van der Waals surface area contributed by atoms with Gasteiger partial charge in [0, 0.05) is 11.3 Å². The number of aliphatic hydroxyl groups excluding tert-OH is 1. The molecule has 1 aromatic rings. The lowest BCUT2D eigenvalue weighted by Gasteiger charge is -2.12. The SMILES string of the molecule is CC(O)c1ccccc1NC(=O)C(F)F. The fourth-order valence-corrected chi connectivity index (χ4v) is 1.16. The van der Waals surface area contributed by atoms with Crippen molar-refractivity contribution in [2.24, 2.45) is 0 Å². The number of para-hydroxylation sites is 1. The van der Waals surface area contributed by atoms with Crippen molar-refractivity contribution < 1.29 is 18.7 Å². The molecule has 82 valence electrons. The summed E-state index contributed by atoms with van der Waals surface area (Å²) in [5.74, 6) is -1.37. The molecule has 2 N–H and O–H groups in total. The Labute approximate surface area is 85.7 Å². The Bertz CT molecular complexity index is 353. The third-order valence-corrected chi connectivity index (χ3v) is 1.87. The molecule has 0 spiro atoms. The molecular weight excluding hydrogens is 204 g/mol. The molecule has 0 fully saturated rings. The van der Waals surface area contributed by atoms with Crippen LogP contribution in [0.3, 0.4) is 0 Å². The molecule has 1 atom stereocenters. The molecule has 0 aliphatic heterocycles. The van der Waals surface area contributed by atoms with Crippen molar-refractivity contribution in [2.45, 2.75) is 19.5 Å². The number of aliphatic hydroxyl groups is 1. The van der Waals surface area contributed by atoms with Gasteiger partial charge in [0.2, 0.25) is 0 Å². The molecule has 0 heterocycles. The second kappa shape index (κ2) is 4.84. The van der Waals surface area contributed by atoms with Crippen molar-refractivity contribution in [3.05, 3.63) is 29.8 Å². The topological polar surface area (TPSA) is 49.3 Å². The lowest BCUT2D eigenvalue weighted by atomic mass is 10.1. The number of benzene rings is 1. The number of rotatable bonds is 3. The van der Waals surface area contributed by atoms with Crippen molar-refractivity contribution in [1.29, 1.82) is 0 Å². The standard InChI is InChI=1S/C10H11F2NO2/c1-6(14)7-4-2-3-5-8(7)13-10(15)9(11)12/h2-6,9,14H,1H3,(H,13,15). The van der Waals surface area contributed by atoms with Crippen LogP contribution in [0.25, 0.3) is 0 Å². The average molecular weight is 215 g/mol. The molecule has 5 heteroatoms.